The van der Waals surface area contributed by atoms with Gasteiger partial charge in [0.25, 0.3) is 0 Å². The van der Waals surface area contributed by atoms with Crippen LogP contribution in [0.2, 0.25) is 0 Å². The standard InChI is InChI=1S/C16H23N3O3S/c20-15(21)11-4-6-12(7-5-11)18-16(22)19-9-2-1-3-13(19)14-17-8-10-23-14/h8,10-13H,1-7,9H2,(H,18,22)(H,20,21). The molecule has 0 bridgehead atoms. The molecule has 1 aromatic heterocycles. The average molecular weight is 337 g/mol. The molecule has 2 aliphatic rings. The maximum Gasteiger partial charge on any atom is 0.318 e. The molecule has 1 aromatic rings. The van der Waals surface area contributed by atoms with Crippen molar-refractivity contribution in [3.8, 4) is 0 Å². The third-order valence-corrected chi connectivity index (χ3v) is 5.78. The second-order valence-electron chi connectivity index (χ2n) is 6.41. The quantitative estimate of drug-likeness (QED) is 0.888. The molecule has 126 valence electrons. The Bertz CT molecular complexity index is 541. The highest BCUT2D eigenvalue weighted by Gasteiger charge is 2.32. The largest absolute Gasteiger partial charge is 0.481 e. The number of nitrogens with one attached hydrogen (secondary N) is 1. The Morgan fingerprint density at radius 3 is 2.65 bits per heavy atom. The Hall–Kier alpha value is -1.63. The summed E-state index contributed by atoms with van der Waals surface area (Å²) < 4.78 is 0. The van der Waals surface area contributed by atoms with Gasteiger partial charge in [-0.15, -0.1) is 11.3 Å². The molecule has 1 aliphatic heterocycles. The summed E-state index contributed by atoms with van der Waals surface area (Å²) >= 11 is 1.60. The van der Waals surface area contributed by atoms with E-state index in [2.05, 4.69) is 10.3 Å². The molecule has 23 heavy (non-hydrogen) atoms. The lowest BCUT2D eigenvalue weighted by atomic mass is 9.86. The predicted octanol–water partition coefficient (Wildman–Crippen LogP) is 3.02. The minimum Gasteiger partial charge on any atom is -0.481 e. The van der Waals surface area contributed by atoms with E-state index in [4.69, 9.17) is 5.11 Å². The Kier molecular flexibility index (Phi) is 5.15. The molecule has 0 aromatic carbocycles. The van der Waals surface area contributed by atoms with Gasteiger partial charge in [0.1, 0.15) is 5.01 Å². The number of carboxylic acid groups (broad SMARTS) is 1. The zero-order valence-corrected chi connectivity index (χ0v) is 13.9. The molecular weight excluding hydrogens is 314 g/mol. The van der Waals surface area contributed by atoms with Crippen molar-refractivity contribution < 1.29 is 14.7 Å². The minimum absolute atomic E-state index is 0.0244. The number of carbonyl (C=O) groups is 2. The summed E-state index contributed by atoms with van der Waals surface area (Å²) in [4.78, 5) is 30.0. The zero-order chi connectivity index (χ0) is 16.2. The van der Waals surface area contributed by atoms with Crippen LogP contribution < -0.4 is 5.32 Å². The zero-order valence-electron chi connectivity index (χ0n) is 13.1. The third kappa shape index (κ3) is 3.83. The average Bonchev–Trinajstić information content (AvgIpc) is 3.09. The molecule has 1 saturated heterocycles. The first-order valence-corrected chi connectivity index (χ1v) is 9.22. The number of nitrogens with zero attached hydrogens (tertiary/aromatic N) is 2. The van der Waals surface area contributed by atoms with Crippen LogP contribution in [0.1, 0.15) is 56.0 Å². The molecule has 6 nitrogen and oxygen atoms in total. The number of hydrogen-bond donors (Lipinski definition) is 2. The fourth-order valence-electron chi connectivity index (χ4n) is 3.57. The summed E-state index contributed by atoms with van der Waals surface area (Å²) in [6.07, 6.45) is 7.70. The number of thiazole rings is 1. The van der Waals surface area contributed by atoms with E-state index in [1.54, 1.807) is 17.5 Å². The van der Waals surface area contributed by atoms with E-state index >= 15 is 0 Å². The van der Waals surface area contributed by atoms with Crippen molar-refractivity contribution in [3.05, 3.63) is 16.6 Å². The van der Waals surface area contributed by atoms with Gasteiger partial charge in [0.15, 0.2) is 0 Å². The normalized spacial score (nSPS) is 28.3. The number of piperidine rings is 1. The van der Waals surface area contributed by atoms with Gasteiger partial charge in [-0.3, -0.25) is 4.79 Å². The van der Waals surface area contributed by atoms with Crippen LogP contribution in [0.15, 0.2) is 11.6 Å². The van der Waals surface area contributed by atoms with Crippen molar-refractivity contribution in [2.24, 2.45) is 5.92 Å². The van der Waals surface area contributed by atoms with Crippen LogP contribution in [-0.2, 0) is 4.79 Å². The maximum absolute atomic E-state index is 12.7. The van der Waals surface area contributed by atoms with Gasteiger partial charge in [-0.1, -0.05) is 0 Å². The van der Waals surface area contributed by atoms with Gasteiger partial charge in [0.05, 0.1) is 12.0 Å². The fourth-order valence-corrected chi connectivity index (χ4v) is 4.36. The monoisotopic (exact) mass is 337 g/mol. The molecule has 1 atom stereocenters. The summed E-state index contributed by atoms with van der Waals surface area (Å²) in [5.41, 5.74) is 0. The second kappa shape index (κ2) is 7.29. The third-order valence-electron chi connectivity index (χ3n) is 4.90. The number of amides is 2. The number of hydrogen-bond acceptors (Lipinski definition) is 4. The molecule has 2 fully saturated rings. The Labute approximate surface area is 139 Å². The van der Waals surface area contributed by atoms with E-state index in [1.165, 1.54) is 0 Å². The van der Waals surface area contributed by atoms with Crippen LogP contribution in [-0.4, -0.2) is 39.6 Å². The lowest BCUT2D eigenvalue weighted by molar-refractivity contribution is -0.142. The van der Waals surface area contributed by atoms with Crippen molar-refractivity contribution >= 4 is 23.3 Å². The number of aliphatic carboxylic acids is 1. The number of likely N-dealkylation sites (tertiary alicyclic amines) is 1. The summed E-state index contributed by atoms with van der Waals surface area (Å²) in [6, 6.07) is 0.153. The summed E-state index contributed by atoms with van der Waals surface area (Å²) in [5, 5.41) is 15.1. The SMILES string of the molecule is O=C(O)C1CCC(NC(=O)N2CCCCC2c2nccs2)CC1. The van der Waals surface area contributed by atoms with E-state index < -0.39 is 5.97 Å². The lowest BCUT2D eigenvalue weighted by Crippen LogP contribution is -2.49. The van der Waals surface area contributed by atoms with Gasteiger partial charge in [0, 0.05) is 24.2 Å². The van der Waals surface area contributed by atoms with Crippen LogP contribution in [0.3, 0.4) is 0 Å². The Morgan fingerprint density at radius 1 is 1.22 bits per heavy atom. The predicted molar refractivity (Wildman–Crippen MR) is 87.3 cm³/mol. The molecule has 3 rings (SSSR count). The van der Waals surface area contributed by atoms with Gasteiger partial charge in [-0.05, 0) is 44.9 Å². The van der Waals surface area contributed by atoms with Gasteiger partial charge < -0.3 is 15.3 Å². The van der Waals surface area contributed by atoms with Gasteiger partial charge in [-0.2, -0.15) is 0 Å². The Balaban J connectivity index is 1.57. The molecule has 1 unspecified atom stereocenters. The highest BCUT2D eigenvalue weighted by atomic mass is 32.1. The first kappa shape index (κ1) is 16.2. The summed E-state index contributed by atoms with van der Waals surface area (Å²) in [5.74, 6) is -0.962. The van der Waals surface area contributed by atoms with Crippen molar-refractivity contribution in [3.63, 3.8) is 0 Å². The first-order valence-electron chi connectivity index (χ1n) is 8.34. The second-order valence-corrected chi connectivity index (χ2v) is 7.34. The smallest absolute Gasteiger partial charge is 0.318 e. The van der Waals surface area contributed by atoms with E-state index in [1.807, 2.05) is 10.3 Å². The molecule has 7 heteroatoms. The molecular formula is C16H23N3O3S. The highest BCUT2D eigenvalue weighted by Crippen LogP contribution is 2.32. The molecule has 2 heterocycles. The van der Waals surface area contributed by atoms with Crippen molar-refractivity contribution in [2.75, 3.05) is 6.54 Å². The van der Waals surface area contributed by atoms with Gasteiger partial charge in [-0.25, -0.2) is 9.78 Å². The highest BCUT2D eigenvalue weighted by molar-refractivity contribution is 7.09. The number of rotatable bonds is 3. The van der Waals surface area contributed by atoms with E-state index in [0.29, 0.717) is 12.8 Å². The van der Waals surface area contributed by atoms with E-state index in [0.717, 1.165) is 43.7 Å². The van der Waals surface area contributed by atoms with Crippen LogP contribution in [0.5, 0.6) is 0 Å². The molecule has 1 saturated carbocycles. The first-order chi connectivity index (χ1) is 11.1. The molecule has 0 spiro atoms. The van der Waals surface area contributed by atoms with Crippen LogP contribution in [0.4, 0.5) is 4.79 Å². The van der Waals surface area contributed by atoms with Crippen LogP contribution in [0, 0.1) is 5.92 Å². The molecule has 1 aliphatic carbocycles. The number of aromatic nitrogens is 1. The molecule has 2 N–H and O–H groups in total. The topological polar surface area (TPSA) is 82.5 Å². The lowest BCUT2D eigenvalue weighted by Gasteiger charge is -2.36. The number of carboxylic acids is 1. The number of carbonyl (C=O) groups excluding carboxylic acids is 1. The summed E-state index contributed by atoms with van der Waals surface area (Å²) in [6.45, 7) is 0.764. The minimum atomic E-state index is -0.713. The molecule has 2 amide bonds. The maximum atomic E-state index is 12.7. The molecule has 0 radical (unpaired) electrons. The Morgan fingerprint density at radius 2 is 2.00 bits per heavy atom. The van der Waals surface area contributed by atoms with Crippen molar-refractivity contribution in [2.45, 2.75) is 57.0 Å². The summed E-state index contributed by atoms with van der Waals surface area (Å²) in [7, 11) is 0. The van der Waals surface area contributed by atoms with Crippen molar-refractivity contribution in [1.82, 2.24) is 15.2 Å². The van der Waals surface area contributed by atoms with E-state index in [-0.39, 0.29) is 24.0 Å². The van der Waals surface area contributed by atoms with Crippen LogP contribution >= 0.6 is 11.3 Å². The van der Waals surface area contributed by atoms with Gasteiger partial charge in [0.2, 0.25) is 0 Å². The fraction of sp³-hybridized carbons (Fsp3) is 0.688. The van der Waals surface area contributed by atoms with Crippen molar-refractivity contribution in [1.29, 1.82) is 0 Å². The number of urea groups is 1. The van der Waals surface area contributed by atoms with Gasteiger partial charge >= 0.3 is 12.0 Å². The van der Waals surface area contributed by atoms with E-state index in [9.17, 15) is 9.59 Å². The van der Waals surface area contributed by atoms with Crippen LogP contribution in [0.25, 0.3) is 0 Å².